The first kappa shape index (κ1) is 17.8. The Bertz CT molecular complexity index is 376. The molecule has 4 N–H and O–H groups in total. The molecule has 6 unspecified atom stereocenters. The summed E-state index contributed by atoms with van der Waals surface area (Å²) in [5.74, 6) is -1.15. The molecule has 1 aliphatic heterocycles. The molecule has 1 fully saturated rings. The number of nitrogens with one attached hydrogen (secondary N) is 1. The maximum Gasteiger partial charge on any atom is 0.334 e. The standard InChI is InChI=1S/C12H21NO8/c1-5(11(17)19-3)20-10-8(13-6(2)15)12(18)21-7(4-14)9(10)16/h5,7-10,12,14,16,18H,4H2,1-3H3,(H,13,15). The average molecular weight is 307 g/mol. The van der Waals surface area contributed by atoms with Crippen molar-refractivity contribution in [2.75, 3.05) is 13.7 Å². The Morgan fingerprint density at radius 2 is 2.00 bits per heavy atom. The summed E-state index contributed by atoms with van der Waals surface area (Å²) in [5.41, 5.74) is 0. The van der Waals surface area contributed by atoms with Gasteiger partial charge in [0, 0.05) is 6.92 Å². The van der Waals surface area contributed by atoms with Crippen LogP contribution in [0.5, 0.6) is 0 Å². The predicted molar refractivity (Wildman–Crippen MR) is 67.9 cm³/mol. The highest BCUT2D eigenvalue weighted by atomic mass is 16.6. The first-order valence-corrected chi connectivity index (χ1v) is 6.44. The third kappa shape index (κ3) is 4.35. The Morgan fingerprint density at radius 3 is 2.48 bits per heavy atom. The minimum atomic E-state index is -1.50. The minimum Gasteiger partial charge on any atom is -0.467 e. The van der Waals surface area contributed by atoms with Crippen LogP contribution in [0.4, 0.5) is 0 Å². The van der Waals surface area contributed by atoms with Gasteiger partial charge in [-0.15, -0.1) is 0 Å². The van der Waals surface area contributed by atoms with Crippen molar-refractivity contribution in [3.05, 3.63) is 0 Å². The van der Waals surface area contributed by atoms with Crippen LogP contribution in [-0.2, 0) is 23.8 Å². The highest BCUT2D eigenvalue weighted by molar-refractivity contribution is 5.74. The molecule has 21 heavy (non-hydrogen) atoms. The normalized spacial score (nSPS) is 34.1. The SMILES string of the molecule is COC(=O)C(C)OC1C(O)C(CO)OC(O)C1NC(C)=O. The summed E-state index contributed by atoms with van der Waals surface area (Å²) in [6.45, 7) is 2.06. The largest absolute Gasteiger partial charge is 0.467 e. The van der Waals surface area contributed by atoms with E-state index < -0.39 is 55.2 Å². The highest BCUT2D eigenvalue weighted by Gasteiger charge is 2.46. The molecule has 0 saturated carbocycles. The molecule has 9 nitrogen and oxygen atoms in total. The second-order valence-corrected chi connectivity index (χ2v) is 4.73. The molecule has 9 heteroatoms. The van der Waals surface area contributed by atoms with Gasteiger partial charge in [-0.25, -0.2) is 4.79 Å². The zero-order valence-electron chi connectivity index (χ0n) is 12.1. The number of hydrogen-bond donors (Lipinski definition) is 4. The fourth-order valence-corrected chi connectivity index (χ4v) is 2.09. The van der Waals surface area contributed by atoms with Crippen LogP contribution in [0.15, 0.2) is 0 Å². The van der Waals surface area contributed by atoms with Crippen LogP contribution in [0.2, 0.25) is 0 Å². The first-order valence-electron chi connectivity index (χ1n) is 6.44. The van der Waals surface area contributed by atoms with Gasteiger partial charge in [0.05, 0.1) is 13.7 Å². The lowest BCUT2D eigenvalue weighted by molar-refractivity contribution is -0.267. The van der Waals surface area contributed by atoms with E-state index in [2.05, 4.69) is 10.1 Å². The lowest BCUT2D eigenvalue weighted by atomic mass is 9.96. The van der Waals surface area contributed by atoms with Gasteiger partial charge in [0.2, 0.25) is 5.91 Å². The van der Waals surface area contributed by atoms with E-state index >= 15 is 0 Å². The van der Waals surface area contributed by atoms with Gasteiger partial charge in [0.25, 0.3) is 0 Å². The van der Waals surface area contributed by atoms with Crippen LogP contribution < -0.4 is 5.32 Å². The van der Waals surface area contributed by atoms with Gasteiger partial charge in [0.1, 0.15) is 24.4 Å². The molecule has 0 aliphatic carbocycles. The van der Waals surface area contributed by atoms with Crippen LogP contribution in [0, 0.1) is 0 Å². The molecule has 0 aromatic rings. The maximum absolute atomic E-state index is 11.4. The van der Waals surface area contributed by atoms with E-state index in [1.54, 1.807) is 0 Å². The Balaban J connectivity index is 2.92. The summed E-state index contributed by atoms with van der Waals surface area (Å²) < 4.78 is 14.9. The maximum atomic E-state index is 11.4. The summed E-state index contributed by atoms with van der Waals surface area (Å²) >= 11 is 0. The molecule has 1 amide bonds. The second kappa shape index (κ2) is 7.66. The molecule has 0 bridgehead atoms. The third-order valence-electron chi connectivity index (χ3n) is 3.14. The molecule has 0 aromatic carbocycles. The van der Waals surface area contributed by atoms with Crippen LogP contribution >= 0.6 is 0 Å². The summed E-state index contributed by atoms with van der Waals surface area (Å²) in [7, 11) is 1.18. The van der Waals surface area contributed by atoms with Crippen molar-refractivity contribution in [3.63, 3.8) is 0 Å². The molecule has 1 aliphatic rings. The first-order chi connectivity index (χ1) is 9.81. The lowest BCUT2D eigenvalue weighted by Gasteiger charge is -2.43. The number of esters is 1. The van der Waals surface area contributed by atoms with Gasteiger partial charge in [-0.2, -0.15) is 0 Å². The van der Waals surface area contributed by atoms with Gasteiger partial charge in [-0.05, 0) is 6.92 Å². The summed E-state index contributed by atoms with van der Waals surface area (Å²) in [6, 6.07) is -1.09. The highest BCUT2D eigenvalue weighted by Crippen LogP contribution is 2.23. The molecule has 1 rings (SSSR count). The average Bonchev–Trinajstić information content (AvgIpc) is 2.44. The Labute approximate surface area is 121 Å². The number of rotatable bonds is 5. The molecular weight excluding hydrogens is 286 g/mol. The molecule has 0 spiro atoms. The smallest absolute Gasteiger partial charge is 0.334 e. The van der Waals surface area contributed by atoms with Gasteiger partial charge < -0.3 is 34.8 Å². The molecule has 1 heterocycles. The number of aliphatic hydroxyl groups is 3. The number of methoxy groups -OCH3 is 1. The van der Waals surface area contributed by atoms with Crippen LogP contribution in [0.3, 0.4) is 0 Å². The molecular formula is C12H21NO8. The molecule has 0 radical (unpaired) electrons. The van der Waals surface area contributed by atoms with Gasteiger partial charge in [-0.3, -0.25) is 4.79 Å². The van der Waals surface area contributed by atoms with Gasteiger partial charge >= 0.3 is 5.97 Å². The monoisotopic (exact) mass is 307 g/mol. The van der Waals surface area contributed by atoms with Crippen molar-refractivity contribution in [1.29, 1.82) is 0 Å². The topological polar surface area (TPSA) is 135 Å². The van der Waals surface area contributed by atoms with Crippen molar-refractivity contribution < 1.29 is 39.1 Å². The second-order valence-electron chi connectivity index (χ2n) is 4.73. The fourth-order valence-electron chi connectivity index (χ4n) is 2.09. The molecule has 6 atom stereocenters. The number of carbonyl (C=O) groups excluding carboxylic acids is 2. The number of amides is 1. The molecule has 1 saturated heterocycles. The summed E-state index contributed by atoms with van der Waals surface area (Å²) in [6.07, 6.45) is -6.12. The lowest BCUT2D eigenvalue weighted by Crippen LogP contribution is -2.65. The van der Waals surface area contributed by atoms with E-state index in [-0.39, 0.29) is 0 Å². The van der Waals surface area contributed by atoms with Crippen molar-refractivity contribution in [2.45, 2.75) is 50.6 Å². The zero-order valence-corrected chi connectivity index (χ0v) is 12.1. The van der Waals surface area contributed by atoms with E-state index in [1.165, 1.54) is 21.0 Å². The Hall–Kier alpha value is -1.26. The predicted octanol–water partition coefficient (Wildman–Crippen LogP) is -2.49. The summed E-state index contributed by atoms with van der Waals surface area (Å²) in [4.78, 5) is 22.6. The van der Waals surface area contributed by atoms with Crippen LogP contribution in [0.1, 0.15) is 13.8 Å². The van der Waals surface area contributed by atoms with E-state index in [1.807, 2.05) is 0 Å². The van der Waals surface area contributed by atoms with Crippen molar-refractivity contribution in [2.24, 2.45) is 0 Å². The number of aliphatic hydroxyl groups excluding tert-OH is 3. The quantitative estimate of drug-likeness (QED) is 0.410. The van der Waals surface area contributed by atoms with E-state index in [4.69, 9.17) is 14.6 Å². The minimum absolute atomic E-state index is 0.475. The molecule has 0 aromatic heterocycles. The third-order valence-corrected chi connectivity index (χ3v) is 3.14. The Kier molecular flexibility index (Phi) is 6.49. The fraction of sp³-hybridized carbons (Fsp3) is 0.833. The van der Waals surface area contributed by atoms with E-state index in [0.717, 1.165) is 0 Å². The van der Waals surface area contributed by atoms with Crippen LogP contribution in [0.25, 0.3) is 0 Å². The molecule has 122 valence electrons. The van der Waals surface area contributed by atoms with E-state index in [0.29, 0.717) is 0 Å². The van der Waals surface area contributed by atoms with Crippen molar-refractivity contribution in [1.82, 2.24) is 5.32 Å². The zero-order chi connectivity index (χ0) is 16.2. The number of hydrogen-bond acceptors (Lipinski definition) is 8. The van der Waals surface area contributed by atoms with Gasteiger partial charge in [0.15, 0.2) is 12.4 Å². The van der Waals surface area contributed by atoms with Crippen LogP contribution in [-0.4, -0.2) is 77.7 Å². The Morgan fingerprint density at radius 1 is 1.38 bits per heavy atom. The number of ether oxygens (including phenoxy) is 3. The van der Waals surface area contributed by atoms with Gasteiger partial charge in [-0.1, -0.05) is 0 Å². The van der Waals surface area contributed by atoms with E-state index in [9.17, 15) is 19.8 Å². The van der Waals surface area contributed by atoms with Crippen molar-refractivity contribution >= 4 is 11.9 Å². The number of carbonyl (C=O) groups is 2. The van der Waals surface area contributed by atoms with Crippen molar-refractivity contribution in [3.8, 4) is 0 Å². The summed E-state index contributed by atoms with van der Waals surface area (Å²) in [5, 5.41) is 31.5.